The molecule has 0 N–H and O–H groups in total. The largest absolute Gasteiger partial charge is 0.450 e. The predicted molar refractivity (Wildman–Crippen MR) is 116 cm³/mol. The van der Waals surface area contributed by atoms with Crippen LogP contribution in [-0.2, 0) is 6.42 Å². The van der Waals surface area contributed by atoms with E-state index in [2.05, 4.69) is 11.9 Å². The van der Waals surface area contributed by atoms with Crippen molar-refractivity contribution >= 4 is 34.3 Å². The molecular weight excluding hydrogens is 400 g/mol. The van der Waals surface area contributed by atoms with Crippen molar-refractivity contribution in [1.82, 2.24) is 4.98 Å². The molecule has 0 unspecified atom stereocenters. The Bertz CT molecular complexity index is 1330. The van der Waals surface area contributed by atoms with Gasteiger partial charge in [0.1, 0.15) is 11.4 Å². The summed E-state index contributed by atoms with van der Waals surface area (Å²) in [5.41, 5.74) is 2.50. The molecule has 2 aromatic heterocycles. The summed E-state index contributed by atoms with van der Waals surface area (Å²) in [5, 5.41) is 0.914. The second kappa shape index (κ2) is 7.11. The Kier molecular flexibility index (Phi) is 4.40. The number of benzene rings is 2. The third-order valence-electron chi connectivity index (χ3n) is 5.44. The number of carbonyl (C=O) groups excluding carboxylic acids is 1. The van der Waals surface area contributed by atoms with E-state index in [-0.39, 0.29) is 11.2 Å². The third-order valence-corrected chi connectivity index (χ3v) is 5.66. The molecule has 3 heterocycles. The van der Waals surface area contributed by atoms with E-state index in [9.17, 15) is 9.59 Å². The molecule has 5 nitrogen and oxygen atoms in total. The van der Waals surface area contributed by atoms with E-state index in [4.69, 9.17) is 16.0 Å². The molecule has 1 aliphatic rings. The molecule has 1 atom stereocenters. The van der Waals surface area contributed by atoms with E-state index in [1.54, 1.807) is 36.4 Å². The molecule has 1 aliphatic heterocycles. The molecule has 148 valence electrons. The van der Waals surface area contributed by atoms with Gasteiger partial charge < -0.3 is 4.42 Å². The van der Waals surface area contributed by atoms with E-state index < -0.39 is 11.9 Å². The van der Waals surface area contributed by atoms with Crippen LogP contribution in [0.3, 0.4) is 0 Å². The lowest BCUT2D eigenvalue weighted by Gasteiger charge is -2.24. The Morgan fingerprint density at radius 2 is 1.80 bits per heavy atom. The summed E-state index contributed by atoms with van der Waals surface area (Å²) in [6.07, 6.45) is 2.38. The Labute approximate surface area is 177 Å². The van der Waals surface area contributed by atoms with Crippen LogP contribution < -0.4 is 10.3 Å². The quantitative estimate of drug-likeness (QED) is 0.463. The first kappa shape index (κ1) is 18.6. The number of hydrogen-bond acceptors (Lipinski definition) is 4. The number of hydrogen-bond donors (Lipinski definition) is 0. The number of anilines is 1. The zero-order valence-electron chi connectivity index (χ0n) is 16.1. The van der Waals surface area contributed by atoms with Gasteiger partial charge in [-0.1, -0.05) is 54.9 Å². The lowest BCUT2D eigenvalue weighted by molar-refractivity contribution is 0.0970. The van der Waals surface area contributed by atoms with Crippen LogP contribution in [0.15, 0.2) is 76.1 Å². The maximum Gasteiger partial charge on any atom is 0.296 e. The van der Waals surface area contributed by atoms with Crippen LogP contribution in [0.25, 0.3) is 11.0 Å². The molecular formula is C24H17ClN2O3. The molecule has 0 aliphatic carbocycles. The summed E-state index contributed by atoms with van der Waals surface area (Å²) in [6, 6.07) is 17.6. The first-order valence-corrected chi connectivity index (χ1v) is 10.1. The van der Waals surface area contributed by atoms with Crippen LogP contribution in [0.2, 0.25) is 5.02 Å². The SMILES string of the molecule is CCc1ccc([C@@H]2c3c(oc4ccccc4c3=O)C(=O)N2c2ccc(Cl)cn2)cc1. The first-order chi connectivity index (χ1) is 14.6. The van der Waals surface area contributed by atoms with E-state index in [1.165, 1.54) is 16.7 Å². The smallest absolute Gasteiger partial charge is 0.296 e. The predicted octanol–water partition coefficient (Wildman–Crippen LogP) is 5.15. The highest BCUT2D eigenvalue weighted by molar-refractivity contribution is 6.30. The second-order valence-corrected chi connectivity index (χ2v) is 7.61. The normalized spacial score (nSPS) is 15.6. The molecule has 5 rings (SSSR count). The van der Waals surface area contributed by atoms with E-state index >= 15 is 0 Å². The molecule has 0 radical (unpaired) electrons. The molecule has 0 saturated heterocycles. The van der Waals surface area contributed by atoms with Gasteiger partial charge in [-0.25, -0.2) is 4.98 Å². The summed E-state index contributed by atoms with van der Waals surface area (Å²) in [6.45, 7) is 2.08. The number of halogens is 1. The summed E-state index contributed by atoms with van der Waals surface area (Å²) in [5.74, 6) is 0.0658. The lowest BCUT2D eigenvalue weighted by Crippen LogP contribution is -2.30. The monoisotopic (exact) mass is 416 g/mol. The maximum atomic E-state index is 13.4. The fourth-order valence-corrected chi connectivity index (χ4v) is 4.03. The number of pyridine rings is 1. The van der Waals surface area contributed by atoms with Crippen molar-refractivity contribution < 1.29 is 9.21 Å². The summed E-state index contributed by atoms with van der Waals surface area (Å²) in [4.78, 5) is 32.7. The molecule has 0 spiro atoms. The van der Waals surface area contributed by atoms with Crippen LogP contribution in [-0.4, -0.2) is 10.9 Å². The number of amides is 1. The summed E-state index contributed by atoms with van der Waals surface area (Å²) < 4.78 is 5.92. The summed E-state index contributed by atoms with van der Waals surface area (Å²) in [7, 11) is 0. The van der Waals surface area contributed by atoms with Crippen LogP contribution in [0.5, 0.6) is 0 Å². The topological polar surface area (TPSA) is 63.4 Å². The molecule has 0 bridgehead atoms. The van der Waals surface area contributed by atoms with Gasteiger partial charge in [-0.05, 0) is 41.8 Å². The van der Waals surface area contributed by atoms with Gasteiger partial charge in [-0.2, -0.15) is 0 Å². The van der Waals surface area contributed by atoms with Gasteiger partial charge >= 0.3 is 0 Å². The van der Waals surface area contributed by atoms with Gasteiger partial charge in [0.2, 0.25) is 5.76 Å². The molecule has 6 heteroatoms. The number of rotatable bonds is 3. The molecule has 1 amide bonds. The highest BCUT2D eigenvalue weighted by atomic mass is 35.5. The average Bonchev–Trinajstić information content (AvgIpc) is 3.07. The zero-order chi connectivity index (χ0) is 20.8. The lowest BCUT2D eigenvalue weighted by atomic mass is 9.97. The van der Waals surface area contributed by atoms with Gasteiger partial charge in [0.05, 0.1) is 22.0 Å². The van der Waals surface area contributed by atoms with Gasteiger partial charge in [0.25, 0.3) is 5.91 Å². The van der Waals surface area contributed by atoms with Gasteiger partial charge in [-0.3, -0.25) is 14.5 Å². The van der Waals surface area contributed by atoms with Crippen molar-refractivity contribution in [2.75, 3.05) is 4.90 Å². The maximum absolute atomic E-state index is 13.4. The number of para-hydroxylation sites is 1. The number of aromatic nitrogens is 1. The highest BCUT2D eigenvalue weighted by Crippen LogP contribution is 2.40. The van der Waals surface area contributed by atoms with Gasteiger partial charge in [-0.15, -0.1) is 0 Å². The average molecular weight is 417 g/mol. The standard InChI is InChI=1S/C24H17ClN2O3/c1-2-14-7-9-15(10-8-14)21-20-22(28)17-5-3-4-6-18(17)30-23(20)24(29)27(21)19-12-11-16(25)13-26-19/h3-13,21H,2H2,1H3/t21-/m1/s1. The molecule has 30 heavy (non-hydrogen) atoms. The molecule has 2 aromatic carbocycles. The minimum atomic E-state index is -0.632. The van der Waals surface area contributed by atoms with Crippen LogP contribution >= 0.6 is 11.6 Å². The van der Waals surface area contributed by atoms with Crippen molar-refractivity contribution in [2.24, 2.45) is 0 Å². The van der Waals surface area contributed by atoms with Crippen molar-refractivity contribution in [3.05, 3.63) is 105 Å². The Morgan fingerprint density at radius 3 is 2.50 bits per heavy atom. The number of nitrogens with zero attached hydrogens (tertiary/aromatic N) is 2. The summed E-state index contributed by atoms with van der Waals surface area (Å²) >= 11 is 5.99. The van der Waals surface area contributed by atoms with Gasteiger partial charge in [0, 0.05) is 6.20 Å². The fraction of sp³-hybridized carbons (Fsp3) is 0.125. The van der Waals surface area contributed by atoms with E-state index in [0.717, 1.165) is 12.0 Å². The van der Waals surface area contributed by atoms with E-state index in [1.807, 2.05) is 24.3 Å². The number of carbonyl (C=O) groups is 1. The van der Waals surface area contributed by atoms with E-state index in [0.29, 0.717) is 27.4 Å². The van der Waals surface area contributed by atoms with Gasteiger partial charge in [0.15, 0.2) is 5.43 Å². The van der Waals surface area contributed by atoms with Crippen LogP contribution in [0.1, 0.15) is 40.2 Å². The fourth-order valence-electron chi connectivity index (χ4n) is 3.92. The first-order valence-electron chi connectivity index (χ1n) is 9.68. The molecule has 0 saturated carbocycles. The third kappa shape index (κ3) is 2.82. The highest BCUT2D eigenvalue weighted by Gasteiger charge is 2.44. The minimum Gasteiger partial charge on any atom is -0.450 e. The van der Waals surface area contributed by atoms with Crippen LogP contribution in [0.4, 0.5) is 5.82 Å². The number of aryl methyl sites for hydroxylation is 1. The molecule has 0 fully saturated rings. The second-order valence-electron chi connectivity index (χ2n) is 7.18. The van der Waals surface area contributed by atoms with Crippen molar-refractivity contribution in [3.8, 4) is 0 Å². The Morgan fingerprint density at radius 1 is 1.03 bits per heavy atom. The number of fused-ring (bicyclic) bond motifs is 2. The Balaban J connectivity index is 1.78. The van der Waals surface area contributed by atoms with Crippen molar-refractivity contribution in [1.29, 1.82) is 0 Å². The Hall–Kier alpha value is -3.44. The zero-order valence-corrected chi connectivity index (χ0v) is 16.9. The minimum absolute atomic E-state index is 0.0556. The molecule has 4 aromatic rings. The van der Waals surface area contributed by atoms with Crippen LogP contribution in [0, 0.1) is 0 Å². The van der Waals surface area contributed by atoms with Crippen molar-refractivity contribution in [3.63, 3.8) is 0 Å². The van der Waals surface area contributed by atoms with Crippen molar-refractivity contribution in [2.45, 2.75) is 19.4 Å².